The van der Waals surface area contributed by atoms with E-state index in [1.165, 1.54) is 48.9 Å². The predicted molar refractivity (Wildman–Crippen MR) is 90.7 cm³/mol. The molecule has 1 saturated heterocycles. The number of likely N-dealkylation sites (tertiary alicyclic amines) is 1. The highest BCUT2D eigenvalue weighted by molar-refractivity contribution is 5.26. The predicted octanol–water partition coefficient (Wildman–Crippen LogP) is 4.15. The Morgan fingerprint density at radius 3 is 2.77 bits per heavy atom. The molecule has 0 bridgehead atoms. The fourth-order valence-electron chi connectivity index (χ4n) is 3.63. The first-order valence-corrected chi connectivity index (χ1v) is 8.43. The summed E-state index contributed by atoms with van der Waals surface area (Å²) in [7, 11) is 2.01. The Kier molecular flexibility index (Phi) is 4.63. The van der Waals surface area contributed by atoms with E-state index >= 15 is 0 Å². The molecular weight excluding hydrogens is 270 g/mol. The molecule has 1 aliphatic heterocycles. The quantitative estimate of drug-likeness (QED) is 0.848. The molecule has 118 valence electrons. The highest BCUT2D eigenvalue weighted by Gasteiger charge is 2.23. The molecule has 2 aromatic rings. The van der Waals surface area contributed by atoms with Crippen molar-refractivity contribution in [2.75, 3.05) is 6.54 Å². The van der Waals surface area contributed by atoms with Gasteiger partial charge in [0.25, 0.3) is 0 Å². The van der Waals surface area contributed by atoms with Gasteiger partial charge in [0.2, 0.25) is 0 Å². The second kappa shape index (κ2) is 6.66. The first kappa shape index (κ1) is 15.3. The van der Waals surface area contributed by atoms with Gasteiger partial charge in [-0.1, -0.05) is 42.7 Å². The molecule has 3 rings (SSSR count). The van der Waals surface area contributed by atoms with Gasteiger partial charge in [-0.15, -0.1) is 0 Å². The normalized spacial score (nSPS) is 20.0. The van der Waals surface area contributed by atoms with Crippen LogP contribution in [0.3, 0.4) is 0 Å². The summed E-state index contributed by atoms with van der Waals surface area (Å²) in [5.41, 5.74) is 5.36. The van der Waals surface area contributed by atoms with Crippen LogP contribution >= 0.6 is 0 Å². The lowest BCUT2D eigenvalue weighted by Gasteiger charge is -2.30. The molecule has 3 nitrogen and oxygen atoms in total. The van der Waals surface area contributed by atoms with Crippen LogP contribution in [0.5, 0.6) is 0 Å². The van der Waals surface area contributed by atoms with Crippen molar-refractivity contribution >= 4 is 0 Å². The van der Waals surface area contributed by atoms with Crippen molar-refractivity contribution in [2.24, 2.45) is 7.05 Å². The fourth-order valence-corrected chi connectivity index (χ4v) is 3.63. The van der Waals surface area contributed by atoms with E-state index in [4.69, 9.17) is 0 Å². The molecule has 0 amide bonds. The average Bonchev–Trinajstić information content (AvgIpc) is 2.68. The molecule has 0 N–H and O–H groups in total. The first-order chi connectivity index (χ1) is 10.6. The summed E-state index contributed by atoms with van der Waals surface area (Å²) in [6.07, 6.45) is 7.43. The molecule has 1 aromatic heterocycles. The largest absolute Gasteiger partial charge is 0.292 e. The number of benzene rings is 1. The van der Waals surface area contributed by atoms with E-state index in [0.29, 0.717) is 6.04 Å². The van der Waals surface area contributed by atoms with Gasteiger partial charge < -0.3 is 0 Å². The maximum absolute atomic E-state index is 4.50. The Balaban J connectivity index is 1.86. The summed E-state index contributed by atoms with van der Waals surface area (Å²) in [4.78, 5) is 2.66. The Hall–Kier alpha value is -1.61. The van der Waals surface area contributed by atoms with E-state index in [0.717, 1.165) is 12.2 Å². The lowest BCUT2D eigenvalue weighted by Crippen LogP contribution is -2.28. The van der Waals surface area contributed by atoms with Crippen LogP contribution in [-0.4, -0.2) is 21.2 Å². The Morgan fingerprint density at radius 1 is 1.18 bits per heavy atom. The molecular formula is C19H27N3. The third kappa shape index (κ3) is 3.41. The summed E-state index contributed by atoms with van der Waals surface area (Å²) in [6.45, 7) is 6.51. The number of rotatable bonds is 3. The second-order valence-corrected chi connectivity index (χ2v) is 6.66. The van der Waals surface area contributed by atoms with Gasteiger partial charge in [0.05, 0.1) is 5.69 Å². The number of aryl methyl sites for hydroxylation is 3. The third-order valence-electron chi connectivity index (χ3n) is 4.78. The molecule has 1 fully saturated rings. The molecule has 0 unspecified atom stereocenters. The molecule has 0 radical (unpaired) electrons. The van der Waals surface area contributed by atoms with E-state index < -0.39 is 0 Å². The van der Waals surface area contributed by atoms with E-state index in [1.807, 2.05) is 11.7 Å². The summed E-state index contributed by atoms with van der Waals surface area (Å²) in [6, 6.07) is 9.59. The van der Waals surface area contributed by atoms with Crippen molar-refractivity contribution in [3.63, 3.8) is 0 Å². The smallest absolute Gasteiger partial charge is 0.0638 e. The maximum atomic E-state index is 4.50. The van der Waals surface area contributed by atoms with Crippen molar-refractivity contribution in [1.29, 1.82) is 0 Å². The van der Waals surface area contributed by atoms with Crippen molar-refractivity contribution in [1.82, 2.24) is 14.7 Å². The van der Waals surface area contributed by atoms with Crippen LogP contribution in [-0.2, 0) is 13.6 Å². The minimum atomic E-state index is 0.544. The van der Waals surface area contributed by atoms with Crippen molar-refractivity contribution in [3.05, 3.63) is 52.8 Å². The van der Waals surface area contributed by atoms with E-state index in [1.54, 1.807) is 0 Å². The second-order valence-electron chi connectivity index (χ2n) is 6.66. The fraction of sp³-hybridized carbons (Fsp3) is 0.526. The standard InChI is InChI=1S/C19H27N3/c1-15-8-7-9-17(12-15)19-10-5-4-6-11-22(19)14-18-13-21(3)20-16(18)2/h7-9,12-13,19H,4-6,10-11,14H2,1-3H3/t19-/m1/s1. The molecule has 3 heteroatoms. The van der Waals surface area contributed by atoms with E-state index in [-0.39, 0.29) is 0 Å². The van der Waals surface area contributed by atoms with Gasteiger partial charge >= 0.3 is 0 Å². The van der Waals surface area contributed by atoms with Crippen molar-refractivity contribution in [2.45, 2.75) is 52.1 Å². The van der Waals surface area contributed by atoms with Crippen molar-refractivity contribution in [3.8, 4) is 0 Å². The van der Waals surface area contributed by atoms with Gasteiger partial charge in [-0.25, -0.2) is 0 Å². The molecule has 0 aliphatic carbocycles. The molecule has 0 spiro atoms. The number of hydrogen-bond donors (Lipinski definition) is 0. The van der Waals surface area contributed by atoms with Gasteiger partial charge in [0, 0.05) is 31.4 Å². The zero-order valence-electron chi connectivity index (χ0n) is 14.0. The molecule has 1 aromatic carbocycles. The SMILES string of the molecule is Cc1cccc([C@H]2CCCCCN2Cc2cn(C)nc2C)c1. The minimum absolute atomic E-state index is 0.544. The molecule has 2 heterocycles. The average molecular weight is 297 g/mol. The van der Waals surface area contributed by atoms with Gasteiger partial charge in [-0.05, 0) is 38.8 Å². The highest BCUT2D eigenvalue weighted by atomic mass is 15.3. The van der Waals surface area contributed by atoms with Crippen molar-refractivity contribution < 1.29 is 0 Å². The number of aromatic nitrogens is 2. The van der Waals surface area contributed by atoms with E-state index in [9.17, 15) is 0 Å². The summed E-state index contributed by atoms with van der Waals surface area (Å²) in [5.74, 6) is 0. The zero-order chi connectivity index (χ0) is 15.5. The highest BCUT2D eigenvalue weighted by Crippen LogP contribution is 2.32. The minimum Gasteiger partial charge on any atom is -0.292 e. The Morgan fingerprint density at radius 2 is 2.05 bits per heavy atom. The number of nitrogens with zero attached hydrogens (tertiary/aromatic N) is 3. The summed E-state index contributed by atoms with van der Waals surface area (Å²) < 4.78 is 1.93. The van der Waals surface area contributed by atoms with Gasteiger partial charge in [-0.3, -0.25) is 9.58 Å². The zero-order valence-corrected chi connectivity index (χ0v) is 14.0. The van der Waals surface area contributed by atoms with Gasteiger partial charge in [0.1, 0.15) is 0 Å². The lowest BCUT2D eigenvalue weighted by molar-refractivity contribution is 0.192. The third-order valence-corrected chi connectivity index (χ3v) is 4.78. The topological polar surface area (TPSA) is 21.1 Å². The summed E-state index contributed by atoms with van der Waals surface area (Å²) in [5, 5.41) is 4.50. The van der Waals surface area contributed by atoms with Gasteiger partial charge in [-0.2, -0.15) is 5.10 Å². The van der Waals surface area contributed by atoms with Gasteiger partial charge in [0.15, 0.2) is 0 Å². The molecule has 0 saturated carbocycles. The van der Waals surface area contributed by atoms with Crippen LogP contribution < -0.4 is 0 Å². The Labute approximate surface area is 133 Å². The van der Waals surface area contributed by atoms with Crippen LogP contribution in [0.1, 0.15) is 54.1 Å². The van der Waals surface area contributed by atoms with Crippen LogP contribution in [0.15, 0.2) is 30.5 Å². The monoisotopic (exact) mass is 297 g/mol. The lowest BCUT2D eigenvalue weighted by atomic mass is 9.99. The molecule has 1 aliphatic rings. The van der Waals surface area contributed by atoms with Crippen LogP contribution in [0.4, 0.5) is 0 Å². The molecule has 22 heavy (non-hydrogen) atoms. The Bertz CT molecular complexity index is 629. The number of hydrogen-bond acceptors (Lipinski definition) is 2. The van der Waals surface area contributed by atoms with Crippen LogP contribution in [0.2, 0.25) is 0 Å². The van der Waals surface area contributed by atoms with Crippen LogP contribution in [0, 0.1) is 13.8 Å². The van der Waals surface area contributed by atoms with E-state index in [2.05, 4.69) is 54.3 Å². The first-order valence-electron chi connectivity index (χ1n) is 8.43. The maximum Gasteiger partial charge on any atom is 0.0638 e. The summed E-state index contributed by atoms with van der Waals surface area (Å²) >= 11 is 0. The van der Waals surface area contributed by atoms with Crippen LogP contribution in [0.25, 0.3) is 0 Å². The molecule has 1 atom stereocenters.